The number of hydrogen-bond donors (Lipinski definition) is 0. The summed E-state index contributed by atoms with van der Waals surface area (Å²) in [6.45, 7) is 0.765. The van der Waals surface area contributed by atoms with E-state index in [0.29, 0.717) is 24.4 Å². The van der Waals surface area contributed by atoms with Crippen LogP contribution in [0, 0.1) is 0 Å². The van der Waals surface area contributed by atoms with Crippen molar-refractivity contribution in [3.8, 4) is 0 Å². The minimum atomic E-state index is -0.202. The first-order valence-corrected chi connectivity index (χ1v) is 7.26. The molecule has 0 atom stereocenters. The number of carbonyl (C=O) groups excluding carboxylic acids is 3. The number of carbonyl (C=O) groups is 3. The summed E-state index contributed by atoms with van der Waals surface area (Å²) in [4.78, 5) is 38.6. The van der Waals surface area contributed by atoms with Crippen LogP contribution >= 0.6 is 0 Å². The van der Waals surface area contributed by atoms with Gasteiger partial charge in [0.15, 0.2) is 5.76 Å². The van der Waals surface area contributed by atoms with Crippen molar-refractivity contribution >= 4 is 28.7 Å². The van der Waals surface area contributed by atoms with Crippen molar-refractivity contribution in [1.82, 2.24) is 9.80 Å². The van der Waals surface area contributed by atoms with E-state index >= 15 is 0 Å². The molecular weight excluding hydrogens is 284 g/mol. The third-order valence-electron chi connectivity index (χ3n) is 4.24. The van der Waals surface area contributed by atoms with E-state index in [4.69, 9.17) is 4.42 Å². The highest BCUT2D eigenvalue weighted by Crippen LogP contribution is 2.26. The average molecular weight is 298 g/mol. The van der Waals surface area contributed by atoms with Gasteiger partial charge >= 0.3 is 0 Å². The maximum atomic E-state index is 12.4. The SMILES string of the molecule is O=C(c1cc2ccccc2o1)N1CC(N2C(=O)CCC2=O)C1. The molecule has 0 bridgehead atoms. The summed E-state index contributed by atoms with van der Waals surface area (Å²) in [5, 5.41) is 0.882. The highest BCUT2D eigenvalue weighted by Gasteiger charge is 2.43. The van der Waals surface area contributed by atoms with Crippen LogP contribution in [0.5, 0.6) is 0 Å². The minimum Gasteiger partial charge on any atom is -0.451 e. The number of amides is 3. The minimum absolute atomic E-state index is 0.133. The Kier molecular flexibility index (Phi) is 2.79. The van der Waals surface area contributed by atoms with Crippen molar-refractivity contribution in [2.45, 2.75) is 18.9 Å². The van der Waals surface area contributed by atoms with Crippen LogP contribution < -0.4 is 0 Å². The second-order valence-electron chi connectivity index (χ2n) is 5.67. The first-order chi connectivity index (χ1) is 10.6. The highest BCUT2D eigenvalue weighted by molar-refractivity contribution is 6.03. The zero-order valence-corrected chi connectivity index (χ0v) is 11.8. The molecule has 2 saturated heterocycles. The highest BCUT2D eigenvalue weighted by atomic mass is 16.3. The maximum Gasteiger partial charge on any atom is 0.289 e. The lowest BCUT2D eigenvalue weighted by atomic mass is 10.1. The third-order valence-corrected chi connectivity index (χ3v) is 4.24. The van der Waals surface area contributed by atoms with Gasteiger partial charge in [-0.25, -0.2) is 0 Å². The fourth-order valence-corrected chi connectivity index (χ4v) is 3.03. The quantitative estimate of drug-likeness (QED) is 0.786. The molecule has 112 valence electrons. The van der Waals surface area contributed by atoms with Crippen LogP contribution in [0.25, 0.3) is 11.0 Å². The predicted molar refractivity (Wildman–Crippen MR) is 77.0 cm³/mol. The molecule has 0 N–H and O–H groups in total. The van der Waals surface area contributed by atoms with E-state index in [1.807, 2.05) is 24.3 Å². The molecule has 0 saturated carbocycles. The monoisotopic (exact) mass is 298 g/mol. The van der Waals surface area contributed by atoms with Gasteiger partial charge in [-0.15, -0.1) is 0 Å². The summed E-state index contributed by atoms with van der Waals surface area (Å²) >= 11 is 0. The van der Waals surface area contributed by atoms with Gasteiger partial charge in [0, 0.05) is 31.3 Å². The van der Waals surface area contributed by atoms with E-state index < -0.39 is 0 Å². The van der Waals surface area contributed by atoms with E-state index in [1.165, 1.54) is 4.90 Å². The van der Waals surface area contributed by atoms with Gasteiger partial charge in [0.25, 0.3) is 5.91 Å². The number of rotatable bonds is 2. The molecule has 3 amide bonds. The molecule has 3 heterocycles. The van der Waals surface area contributed by atoms with Crippen LogP contribution in [0.1, 0.15) is 23.4 Å². The summed E-state index contributed by atoms with van der Waals surface area (Å²) in [5.74, 6) is -0.179. The van der Waals surface area contributed by atoms with Gasteiger partial charge in [0.1, 0.15) is 5.58 Å². The van der Waals surface area contributed by atoms with E-state index in [-0.39, 0.29) is 36.6 Å². The molecule has 4 rings (SSSR count). The number of furan rings is 1. The van der Waals surface area contributed by atoms with Gasteiger partial charge < -0.3 is 9.32 Å². The lowest BCUT2D eigenvalue weighted by Crippen LogP contribution is -2.62. The Hall–Kier alpha value is -2.63. The summed E-state index contributed by atoms with van der Waals surface area (Å²) < 4.78 is 5.55. The molecule has 2 aliphatic rings. The van der Waals surface area contributed by atoms with Crippen molar-refractivity contribution in [2.75, 3.05) is 13.1 Å². The first kappa shape index (κ1) is 13.1. The molecule has 0 radical (unpaired) electrons. The van der Waals surface area contributed by atoms with Crippen LogP contribution in [-0.2, 0) is 9.59 Å². The molecule has 6 nitrogen and oxygen atoms in total. The Morgan fingerprint density at radius 2 is 1.77 bits per heavy atom. The molecule has 6 heteroatoms. The number of imide groups is 1. The van der Waals surface area contributed by atoms with Gasteiger partial charge in [-0.05, 0) is 12.1 Å². The lowest BCUT2D eigenvalue weighted by molar-refractivity contribution is -0.144. The van der Waals surface area contributed by atoms with E-state index in [0.717, 1.165) is 5.39 Å². The second kappa shape index (κ2) is 4.69. The van der Waals surface area contributed by atoms with Crippen LogP contribution in [0.4, 0.5) is 0 Å². The van der Waals surface area contributed by atoms with E-state index in [2.05, 4.69) is 0 Å². The maximum absolute atomic E-state index is 12.4. The van der Waals surface area contributed by atoms with Gasteiger partial charge in [-0.2, -0.15) is 0 Å². The largest absolute Gasteiger partial charge is 0.451 e. The molecule has 2 fully saturated rings. The average Bonchev–Trinajstić information content (AvgIpc) is 3.03. The van der Waals surface area contributed by atoms with Crippen molar-refractivity contribution in [3.05, 3.63) is 36.1 Å². The van der Waals surface area contributed by atoms with Crippen molar-refractivity contribution in [2.24, 2.45) is 0 Å². The normalized spacial score (nSPS) is 19.1. The molecule has 2 aliphatic heterocycles. The van der Waals surface area contributed by atoms with Crippen LogP contribution in [0.2, 0.25) is 0 Å². The molecule has 2 aromatic rings. The van der Waals surface area contributed by atoms with Crippen LogP contribution in [-0.4, -0.2) is 46.7 Å². The second-order valence-corrected chi connectivity index (χ2v) is 5.67. The van der Waals surface area contributed by atoms with Crippen molar-refractivity contribution in [3.63, 3.8) is 0 Å². The standard InChI is InChI=1S/C16H14N2O4/c19-14-5-6-15(20)18(14)11-8-17(9-11)16(21)13-7-10-3-1-2-4-12(10)22-13/h1-4,7,11H,5-6,8-9H2. The number of fused-ring (bicyclic) bond motifs is 1. The molecule has 22 heavy (non-hydrogen) atoms. The first-order valence-electron chi connectivity index (χ1n) is 7.26. The van der Waals surface area contributed by atoms with Crippen LogP contribution in [0.3, 0.4) is 0 Å². The lowest BCUT2D eigenvalue weighted by Gasteiger charge is -2.42. The molecule has 1 aromatic heterocycles. The number of benzene rings is 1. The number of nitrogens with zero attached hydrogens (tertiary/aromatic N) is 2. The molecule has 1 aromatic carbocycles. The Morgan fingerprint density at radius 3 is 2.45 bits per heavy atom. The smallest absolute Gasteiger partial charge is 0.289 e. The Morgan fingerprint density at radius 1 is 1.09 bits per heavy atom. The van der Waals surface area contributed by atoms with Gasteiger partial charge in [-0.3, -0.25) is 19.3 Å². The van der Waals surface area contributed by atoms with E-state index in [9.17, 15) is 14.4 Å². The summed E-state index contributed by atoms with van der Waals surface area (Å²) in [7, 11) is 0. The van der Waals surface area contributed by atoms with Gasteiger partial charge in [0.2, 0.25) is 11.8 Å². The van der Waals surface area contributed by atoms with Gasteiger partial charge in [-0.1, -0.05) is 18.2 Å². The summed E-state index contributed by atoms with van der Waals surface area (Å²) in [6.07, 6.45) is 0.569. The molecular formula is C16H14N2O4. The molecule has 0 aliphatic carbocycles. The number of para-hydroxylation sites is 1. The summed E-state index contributed by atoms with van der Waals surface area (Å²) in [5.41, 5.74) is 0.674. The number of likely N-dealkylation sites (tertiary alicyclic amines) is 2. The summed E-state index contributed by atoms with van der Waals surface area (Å²) in [6, 6.07) is 8.97. The van der Waals surface area contributed by atoms with Gasteiger partial charge in [0.05, 0.1) is 6.04 Å². The predicted octanol–water partition coefficient (Wildman–Crippen LogP) is 1.41. The Labute approximate surface area is 126 Å². The zero-order valence-electron chi connectivity index (χ0n) is 11.8. The van der Waals surface area contributed by atoms with Crippen molar-refractivity contribution < 1.29 is 18.8 Å². The van der Waals surface area contributed by atoms with Crippen LogP contribution in [0.15, 0.2) is 34.7 Å². The zero-order chi connectivity index (χ0) is 15.3. The Balaban J connectivity index is 1.47. The fourth-order valence-electron chi connectivity index (χ4n) is 3.03. The third kappa shape index (κ3) is 1.91. The Bertz CT molecular complexity index is 739. The van der Waals surface area contributed by atoms with E-state index in [1.54, 1.807) is 11.0 Å². The fraction of sp³-hybridized carbons (Fsp3) is 0.312. The molecule has 0 unspecified atom stereocenters. The number of hydrogen-bond acceptors (Lipinski definition) is 4. The topological polar surface area (TPSA) is 70.8 Å². The van der Waals surface area contributed by atoms with Crippen molar-refractivity contribution in [1.29, 1.82) is 0 Å². The molecule has 0 spiro atoms.